The van der Waals surface area contributed by atoms with Crippen LogP contribution in [0.3, 0.4) is 0 Å². The molecule has 0 atom stereocenters. The quantitative estimate of drug-likeness (QED) is 0.315. The van der Waals surface area contributed by atoms with Gasteiger partial charge in [-0.15, -0.1) is 11.3 Å². The summed E-state index contributed by atoms with van der Waals surface area (Å²) < 4.78 is 16.3. The van der Waals surface area contributed by atoms with E-state index < -0.39 is 0 Å². The van der Waals surface area contributed by atoms with Crippen molar-refractivity contribution in [2.24, 2.45) is 0 Å². The Morgan fingerprint density at radius 3 is 2.50 bits per heavy atom. The molecule has 1 aliphatic rings. The normalized spacial score (nSPS) is 13.7. The Morgan fingerprint density at radius 1 is 1.03 bits per heavy atom. The molecule has 8 nitrogen and oxygen atoms in total. The highest BCUT2D eigenvalue weighted by atomic mass is 32.1. The van der Waals surface area contributed by atoms with Crippen molar-refractivity contribution < 1.29 is 23.8 Å². The molecule has 210 valence electrons. The maximum absolute atomic E-state index is 13.6. The molecular formula is C29H43N3O5S. The molecule has 1 N–H and O–H groups in total. The van der Waals surface area contributed by atoms with Gasteiger partial charge in [0.2, 0.25) is 5.91 Å². The zero-order chi connectivity index (χ0) is 27.2. The zero-order valence-electron chi connectivity index (χ0n) is 23.1. The van der Waals surface area contributed by atoms with E-state index in [0.29, 0.717) is 57.2 Å². The number of thiophene rings is 1. The van der Waals surface area contributed by atoms with Crippen LogP contribution in [0.25, 0.3) is 0 Å². The van der Waals surface area contributed by atoms with Crippen LogP contribution in [0.2, 0.25) is 0 Å². The smallest absolute Gasteiger partial charge is 0.318 e. The lowest BCUT2D eigenvalue weighted by Crippen LogP contribution is -2.50. The summed E-state index contributed by atoms with van der Waals surface area (Å²) in [4.78, 5) is 31.5. The number of nitrogens with one attached hydrogen (secondary N) is 1. The second kappa shape index (κ2) is 16.2. The number of amides is 3. The minimum Gasteiger partial charge on any atom is -0.493 e. The largest absolute Gasteiger partial charge is 0.493 e. The third-order valence-corrected chi connectivity index (χ3v) is 7.73. The van der Waals surface area contributed by atoms with Crippen LogP contribution in [0.5, 0.6) is 11.5 Å². The first-order valence-corrected chi connectivity index (χ1v) is 14.6. The predicted octanol–water partition coefficient (Wildman–Crippen LogP) is 5.11. The van der Waals surface area contributed by atoms with E-state index >= 15 is 0 Å². The molecule has 0 bridgehead atoms. The number of benzene rings is 1. The number of nitrogens with zero attached hydrogens (tertiary/aromatic N) is 2. The summed E-state index contributed by atoms with van der Waals surface area (Å²) in [6.45, 7) is 4.73. The summed E-state index contributed by atoms with van der Waals surface area (Å²) in [6, 6.07) is 9.89. The molecule has 1 aliphatic carbocycles. The summed E-state index contributed by atoms with van der Waals surface area (Å²) >= 11 is 1.63. The van der Waals surface area contributed by atoms with E-state index in [-0.39, 0.29) is 24.5 Å². The molecule has 0 aliphatic heterocycles. The summed E-state index contributed by atoms with van der Waals surface area (Å²) in [5, 5.41) is 5.20. The van der Waals surface area contributed by atoms with Gasteiger partial charge in [-0.05, 0) is 61.7 Å². The number of carbonyl (C=O) groups is 2. The number of ether oxygens (including phenoxy) is 3. The molecule has 0 unspecified atom stereocenters. The highest BCUT2D eigenvalue weighted by Gasteiger charge is 2.24. The zero-order valence-corrected chi connectivity index (χ0v) is 23.9. The minimum atomic E-state index is -0.155. The van der Waals surface area contributed by atoms with Gasteiger partial charge in [-0.1, -0.05) is 31.4 Å². The molecule has 1 aromatic carbocycles. The van der Waals surface area contributed by atoms with Crippen molar-refractivity contribution in [2.45, 2.75) is 64.5 Å². The lowest BCUT2D eigenvalue weighted by Gasteiger charge is -2.30. The van der Waals surface area contributed by atoms with E-state index in [4.69, 9.17) is 14.2 Å². The van der Waals surface area contributed by atoms with Crippen molar-refractivity contribution in [1.29, 1.82) is 0 Å². The van der Waals surface area contributed by atoms with Crippen molar-refractivity contribution in [3.05, 3.63) is 46.2 Å². The van der Waals surface area contributed by atoms with Gasteiger partial charge in [-0.25, -0.2) is 4.79 Å². The topological polar surface area (TPSA) is 80.3 Å². The first-order valence-electron chi connectivity index (χ1n) is 13.7. The maximum Gasteiger partial charge on any atom is 0.318 e. The molecule has 9 heteroatoms. The van der Waals surface area contributed by atoms with Gasteiger partial charge >= 0.3 is 6.03 Å². The van der Waals surface area contributed by atoms with E-state index in [0.717, 1.165) is 36.1 Å². The molecule has 1 saturated carbocycles. The van der Waals surface area contributed by atoms with Crippen molar-refractivity contribution in [3.63, 3.8) is 0 Å². The van der Waals surface area contributed by atoms with Crippen LogP contribution in [0, 0.1) is 0 Å². The van der Waals surface area contributed by atoms with E-state index in [1.165, 1.54) is 6.42 Å². The van der Waals surface area contributed by atoms with Gasteiger partial charge in [0.15, 0.2) is 11.5 Å². The standard InChI is InChI=1S/C29H43N3O5S/c1-4-37-18-9-16-32(29(34)30-24-10-6-5-7-11-24)22-28(33)31(21-25-12-8-19-38-25)17-15-23-13-14-26(35-2)27(20-23)36-3/h8,12-14,19-20,24H,4-7,9-11,15-18,21-22H2,1-3H3,(H,30,34). The number of hydrogen-bond acceptors (Lipinski definition) is 6. The van der Waals surface area contributed by atoms with Gasteiger partial charge in [0, 0.05) is 37.2 Å². The number of carbonyl (C=O) groups excluding carboxylic acids is 2. The summed E-state index contributed by atoms with van der Waals surface area (Å²) in [6.07, 6.45) is 6.86. The molecule has 1 fully saturated rings. The highest BCUT2D eigenvalue weighted by Crippen LogP contribution is 2.28. The molecular weight excluding hydrogens is 502 g/mol. The van der Waals surface area contributed by atoms with Gasteiger partial charge in [-0.3, -0.25) is 4.79 Å². The SMILES string of the molecule is CCOCCCN(CC(=O)N(CCc1ccc(OC)c(OC)c1)Cc1cccs1)C(=O)NC1CCCCC1. The van der Waals surface area contributed by atoms with Gasteiger partial charge < -0.3 is 29.3 Å². The van der Waals surface area contributed by atoms with Crippen LogP contribution in [-0.4, -0.2) is 74.8 Å². The van der Waals surface area contributed by atoms with Crippen LogP contribution in [0.4, 0.5) is 4.79 Å². The Bertz CT molecular complexity index is 979. The fourth-order valence-corrected chi connectivity index (χ4v) is 5.43. The van der Waals surface area contributed by atoms with Gasteiger partial charge in [0.25, 0.3) is 0 Å². The van der Waals surface area contributed by atoms with Gasteiger partial charge in [0.1, 0.15) is 6.54 Å². The number of methoxy groups -OCH3 is 2. The van der Waals surface area contributed by atoms with Crippen LogP contribution in [0.15, 0.2) is 35.7 Å². The molecule has 3 amide bonds. The monoisotopic (exact) mass is 545 g/mol. The Balaban J connectivity index is 1.69. The van der Waals surface area contributed by atoms with Gasteiger partial charge in [0.05, 0.1) is 20.8 Å². The molecule has 38 heavy (non-hydrogen) atoms. The minimum absolute atomic E-state index is 0.0436. The number of hydrogen-bond donors (Lipinski definition) is 1. The van der Waals surface area contributed by atoms with E-state index in [1.54, 1.807) is 30.5 Å². The summed E-state index contributed by atoms with van der Waals surface area (Å²) in [5.74, 6) is 1.28. The Hall–Kier alpha value is -2.78. The molecule has 1 aromatic heterocycles. The van der Waals surface area contributed by atoms with E-state index in [2.05, 4.69) is 5.32 Å². The second-order valence-corrected chi connectivity index (χ2v) is 10.6. The van der Waals surface area contributed by atoms with E-state index in [9.17, 15) is 9.59 Å². The molecule has 0 saturated heterocycles. The third-order valence-electron chi connectivity index (χ3n) is 6.86. The van der Waals surface area contributed by atoms with Crippen molar-refractivity contribution in [2.75, 3.05) is 47.1 Å². The fraction of sp³-hybridized carbons (Fsp3) is 0.586. The first-order chi connectivity index (χ1) is 18.5. The van der Waals surface area contributed by atoms with Crippen molar-refractivity contribution >= 4 is 23.3 Å². The van der Waals surface area contributed by atoms with Crippen molar-refractivity contribution in [3.8, 4) is 11.5 Å². The number of rotatable bonds is 15. The van der Waals surface area contributed by atoms with Gasteiger partial charge in [-0.2, -0.15) is 0 Å². The Kier molecular flexibility index (Phi) is 12.7. The Labute approximate surface area is 231 Å². The summed E-state index contributed by atoms with van der Waals surface area (Å²) in [5.41, 5.74) is 1.05. The first kappa shape index (κ1) is 29.8. The highest BCUT2D eigenvalue weighted by molar-refractivity contribution is 7.09. The average molecular weight is 546 g/mol. The molecule has 0 radical (unpaired) electrons. The molecule has 0 spiro atoms. The third kappa shape index (κ3) is 9.51. The summed E-state index contributed by atoms with van der Waals surface area (Å²) in [7, 11) is 3.23. The van der Waals surface area contributed by atoms with Crippen LogP contribution >= 0.6 is 11.3 Å². The number of urea groups is 1. The lowest BCUT2D eigenvalue weighted by atomic mass is 9.96. The Morgan fingerprint density at radius 2 is 1.82 bits per heavy atom. The fourth-order valence-electron chi connectivity index (χ4n) is 4.71. The average Bonchev–Trinajstić information content (AvgIpc) is 3.46. The molecule has 2 aromatic rings. The predicted molar refractivity (Wildman–Crippen MR) is 151 cm³/mol. The maximum atomic E-state index is 13.6. The van der Waals surface area contributed by atoms with Crippen LogP contribution in [0.1, 0.15) is 55.9 Å². The molecule has 1 heterocycles. The van der Waals surface area contributed by atoms with E-state index in [1.807, 2.05) is 47.5 Å². The van der Waals surface area contributed by atoms with Crippen LogP contribution < -0.4 is 14.8 Å². The lowest BCUT2D eigenvalue weighted by molar-refractivity contribution is -0.132. The second-order valence-electron chi connectivity index (χ2n) is 9.59. The van der Waals surface area contributed by atoms with Crippen molar-refractivity contribution in [1.82, 2.24) is 15.1 Å². The molecule has 3 rings (SSSR count). The van der Waals surface area contributed by atoms with Crippen LogP contribution in [-0.2, 0) is 22.5 Å².